The van der Waals surface area contributed by atoms with Gasteiger partial charge in [0, 0.05) is 13.0 Å². The number of aromatic nitrogens is 3. The molecule has 0 aliphatic heterocycles. The predicted molar refractivity (Wildman–Crippen MR) is 63.9 cm³/mol. The van der Waals surface area contributed by atoms with Crippen molar-refractivity contribution in [2.24, 2.45) is 0 Å². The molecule has 6 heteroatoms. The lowest BCUT2D eigenvalue weighted by atomic mass is 10.2. The molecule has 5 nitrogen and oxygen atoms in total. The van der Waals surface area contributed by atoms with E-state index in [0.29, 0.717) is 18.4 Å². The molecule has 1 rings (SSSR count). The van der Waals surface area contributed by atoms with E-state index in [1.165, 1.54) is 0 Å². The molecule has 0 bridgehead atoms. The van der Waals surface area contributed by atoms with Gasteiger partial charge in [0.1, 0.15) is 0 Å². The van der Waals surface area contributed by atoms with Gasteiger partial charge in [-0.2, -0.15) is 5.10 Å². The van der Waals surface area contributed by atoms with Crippen LogP contribution in [0.15, 0.2) is 0 Å². The van der Waals surface area contributed by atoms with Gasteiger partial charge in [-0.25, -0.2) is 4.98 Å². The zero-order valence-corrected chi connectivity index (χ0v) is 10.6. The number of nitrogens with zero attached hydrogens (tertiary/aromatic N) is 3. The van der Waals surface area contributed by atoms with E-state index < -0.39 is 0 Å². The van der Waals surface area contributed by atoms with Gasteiger partial charge < -0.3 is 10.1 Å². The summed E-state index contributed by atoms with van der Waals surface area (Å²) in [5.41, 5.74) is 1.71. The van der Waals surface area contributed by atoms with Crippen LogP contribution in [0.25, 0.3) is 0 Å². The molecule has 0 aliphatic rings. The molecular weight excluding hydrogens is 228 g/mol. The maximum absolute atomic E-state index is 5.70. The fraction of sp³-hybridized carbons (Fsp3) is 0.700. The average Bonchev–Trinajstić information content (AvgIpc) is 2.24. The Morgan fingerprint density at radius 2 is 2.06 bits per heavy atom. The number of anilines is 1. The Morgan fingerprint density at radius 3 is 2.62 bits per heavy atom. The Balaban J connectivity index is 2.65. The second-order valence-corrected chi connectivity index (χ2v) is 3.96. The number of aryl methyl sites for hydroxylation is 2. The Kier molecular flexibility index (Phi) is 5.42. The highest BCUT2D eigenvalue weighted by Crippen LogP contribution is 2.06. The number of nitrogens with one attached hydrogen (secondary N) is 1. The minimum absolute atomic E-state index is 0.117. The van der Waals surface area contributed by atoms with Gasteiger partial charge in [-0.1, -0.05) is 0 Å². The molecule has 1 heterocycles. The number of alkyl halides is 1. The van der Waals surface area contributed by atoms with Gasteiger partial charge in [-0.3, -0.25) is 0 Å². The summed E-state index contributed by atoms with van der Waals surface area (Å²) in [5, 5.41) is 11.1. The lowest BCUT2D eigenvalue weighted by molar-refractivity contribution is 0.184. The maximum atomic E-state index is 5.70. The van der Waals surface area contributed by atoms with Crippen LogP contribution in [0.5, 0.6) is 0 Å². The quantitative estimate of drug-likeness (QED) is 0.770. The standard InChI is InChI=1S/C10H17ClN4O/c1-7-8(2)14-15-10(12-7)13-9(4-5-11)6-16-3/h9H,4-6H2,1-3H3,(H,12,13,15). The van der Waals surface area contributed by atoms with E-state index in [1.807, 2.05) is 13.8 Å². The molecule has 1 aromatic rings. The summed E-state index contributed by atoms with van der Waals surface area (Å²) in [6.45, 7) is 4.36. The molecule has 1 atom stereocenters. The zero-order valence-electron chi connectivity index (χ0n) is 9.83. The Bertz CT molecular complexity index is 329. The minimum atomic E-state index is 0.117. The molecule has 0 saturated heterocycles. The van der Waals surface area contributed by atoms with Crippen molar-refractivity contribution in [2.75, 3.05) is 24.9 Å². The first-order valence-electron chi connectivity index (χ1n) is 5.16. The number of halogens is 1. The van der Waals surface area contributed by atoms with Gasteiger partial charge in [0.2, 0.25) is 5.95 Å². The van der Waals surface area contributed by atoms with Crippen molar-refractivity contribution in [3.05, 3.63) is 11.4 Å². The first kappa shape index (κ1) is 13.1. The van der Waals surface area contributed by atoms with Crippen molar-refractivity contribution in [1.82, 2.24) is 15.2 Å². The van der Waals surface area contributed by atoms with E-state index >= 15 is 0 Å². The van der Waals surface area contributed by atoms with Crippen LogP contribution in [0.3, 0.4) is 0 Å². The van der Waals surface area contributed by atoms with Crippen LogP contribution in [0.1, 0.15) is 17.8 Å². The van der Waals surface area contributed by atoms with Crippen molar-refractivity contribution in [3.8, 4) is 0 Å². The third-order valence-corrected chi connectivity index (χ3v) is 2.47. The highest BCUT2D eigenvalue weighted by Gasteiger charge is 2.10. The molecule has 1 aromatic heterocycles. The van der Waals surface area contributed by atoms with Crippen LogP contribution in [0.2, 0.25) is 0 Å². The normalized spacial score (nSPS) is 12.5. The Morgan fingerprint density at radius 1 is 1.31 bits per heavy atom. The summed E-state index contributed by atoms with van der Waals surface area (Å²) in [5.74, 6) is 1.09. The molecule has 1 N–H and O–H groups in total. The molecular formula is C10H17ClN4O. The minimum Gasteiger partial charge on any atom is -0.383 e. The van der Waals surface area contributed by atoms with E-state index in [1.54, 1.807) is 7.11 Å². The van der Waals surface area contributed by atoms with Crippen molar-refractivity contribution in [2.45, 2.75) is 26.3 Å². The zero-order chi connectivity index (χ0) is 12.0. The summed E-state index contributed by atoms with van der Waals surface area (Å²) >= 11 is 5.70. The van der Waals surface area contributed by atoms with Gasteiger partial charge >= 0.3 is 0 Å². The number of ether oxygens (including phenoxy) is 1. The SMILES string of the molecule is COCC(CCCl)Nc1nnc(C)c(C)n1. The number of rotatable bonds is 6. The lowest BCUT2D eigenvalue weighted by Crippen LogP contribution is -2.27. The summed E-state index contributed by atoms with van der Waals surface area (Å²) < 4.78 is 5.09. The molecule has 0 fully saturated rings. The molecule has 1 unspecified atom stereocenters. The lowest BCUT2D eigenvalue weighted by Gasteiger charge is -2.16. The van der Waals surface area contributed by atoms with Crippen LogP contribution in [-0.2, 0) is 4.74 Å². The summed E-state index contributed by atoms with van der Waals surface area (Å²) in [6, 6.07) is 0.117. The molecule has 0 aromatic carbocycles. The topological polar surface area (TPSA) is 59.9 Å². The number of hydrogen-bond donors (Lipinski definition) is 1. The van der Waals surface area contributed by atoms with Crippen molar-refractivity contribution in [1.29, 1.82) is 0 Å². The van der Waals surface area contributed by atoms with Gasteiger partial charge in [0.25, 0.3) is 0 Å². The van der Waals surface area contributed by atoms with Crippen molar-refractivity contribution in [3.63, 3.8) is 0 Å². The predicted octanol–water partition coefficient (Wildman–Crippen LogP) is 1.54. The summed E-state index contributed by atoms with van der Waals surface area (Å²) in [6.07, 6.45) is 0.797. The molecule has 16 heavy (non-hydrogen) atoms. The average molecular weight is 245 g/mol. The fourth-order valence-corrected chi connectivity index (χ4v) is 1.49. The number of hydrogen-bond acceptors (Lipinski definition) is 5. The molecule has 0 spiro atoms. The molecule has 0 aliphatic carbocycles. The van der Waals surface area contributed by atoms with Gasteiger partial charge in [-0.05, 0) is 20.3 Å². The highest BCUT2D eigenvalue weighted by atomic mass is 35.5. The second-order valence-electron chi connectivity index (χ2n) is 3.58. The fourth-order valence-electron chi connectivity index (χ4n) is 1.23. The smallest absolute Gasteiger partial charge is 0.243 e. The van der Waals surface area contributed by atoms with Crippen LogP contribution >= 0.6 is 11.6 Å². The van der Waals surface area contributed by atoms with Crippen LogP contribution in [0.4, 0.5) is 5.95 Å². The van der Waals surface area contributed by atoms with Gasteiger partial charge in [0.15, 0.2) is 0 Å². The van der Waals surface area contributed by atoms with Crippen molar-refractivity contribution >= 4 is 17.5 Å². The third kappa shape index (κ3) is 3.90. The van der Waals surface area contributed by atoms with E-state index in [2.05, 4.69) is 20.5 Å². The Labute approximate surface area is 101 Å². The largest absolute Gasteiger partial charge is 0.383 e. The van der Waals surface area contributed by atoms with Crippen LogP contribution < -0.4 is 5.32 Å². The van der Waals surface area contributed by atoms with Crippen LogP contribution in [-0.4, -0.2) is 40.8 Å². The first-order valence-corrected chi connectivity index (χ1v) is 5.70. The molecule has 0 amide bonds. The monoisotopic (exact) mass is 244 g/mol. The van der Waals surface area contributed by atoms with Gasteiger partial charge in [-0.15, -0.1) is 16.7 Å². The second kappa shape index (κ2) is 6.60. The summed E-state index contributed by atoms with van der Waals surface area (Å²) in [4.78, 5) is 4.29. The highest BCUT2D eigenvalue weighted by molar-refractivity contribution is 6.17. The van der Waals surface area contributed by atoms with E-state index in [9.17, 15) is 0 Å². The Hall–Kier alpha value is -0.940. The molecule has 90 valence electrons. The first-order chi connectivity index (χ1) is 7.67. The van der Waals surface area contributed by atoms with Gasteiger partial charge in [0.05, 0.1) is 24.0 Å². The van der Waals surface area contributed by atoms with Crippen molar-refractivity contribution < 1.29 is 4.74 Å². The van der Waals surface area contributed by atoms with E-state index in [0.717, 1.165) is 17.8 Å². The van der Waals surface area contributed by atoms with E-state index in [4.69, 9.17) is 16.3 Å². The maximum Gasteiger partial charge on any atom is 0.243 e. The molecule has 0 saturated carbocycles. The van der Waals surface area contributed by atoms with E-state index in [-0.39, 0.29) is 6.04 Å². The van der Waals surface area contributed by atoms with Crippen LogP contribution in [0, 0.1) is 13.8 Å². The number of methoxy groups -OCH3 is 1. The summed E-state index contributed by atoms with van der Waals surface area (Å²) in [7, 11) is 1.66. The molecule has 0 radical (unpaired) electrons. The third-order valence-electron chi connectivity index (χ3n) is 2.25.